The maximum absolute atomic E-state index is 6.20. The zero-order chi connectivity index (χ0) is 15.8. The normalized spacial score (nSPS) is 14.2. The van der Waals surface area contributed by atoms with Crippen LogP contribution in [0.15, 0.2) is 18.2 Å². The van der Waals surface area contributed by atoms with Crippen molar-refractivity contribution < 1.29 is 4.74 Å². The average molecular weight is 291 g/mol. The molecule has 1 aromatic carbocycles. The van der Waals surface area contributed by atoms with Crippen LogP contribution in [0.4, 0.5) is 0 Å². The minimum absolute atomic E-state index is 0.426. The molecule has 2 atom stereocenters. The number of hydrogen-bond donors (Lipinski definition) is 1. The van der Waals surface area contributed by atoms with Gasteiger partial charge in [0.05, 0.1) is 0 Å². The quantitative estimate of drug-likeness (QED) is 0.698. The summed E-state index contributed by atoms with van der Waals surface area (Å²) in [7, 11) is 0. The molecule has 2 unspecified atom stereocenters. The first-order valence-electron chi connectivity index (χ1n) is 8.46. The van der Waals surface area contributed by atoms with E-state index in [1.54, 1.807) is 0 Å². The minimum atomic E-state index is 0.426. The van der Waals surface area contributed by atoms with Crippen molar-refractivity contribution in [3.8, 4) is 5.75 Å². The van der Waals surface area contributed by atoms with Crippen LogP contribution in [0, 0.1) is 12.8 Å². The van der Waals surface area contributed by atoms with E-state index in [4.69, 9.17) is 4.74 Å². The molecule has 0 saturated carbocycles. The fraction of sp³-hybridized carbons (Fsp3) is 0.684. The van der Waals surface area contributed by atoms with Gasteiger partial charge in [-0.15, -0.1) is 0 Å². The molecule has 0 aromatic heterocycles. The highest BCUT2D eigenvalue weighted by Crippen LogP contribution is 2.28. The molecule has 1 rings (SSSR count). The highest BCUT2D eigenvalue weighted by molar-refractivity contribution is 5.39. The van der Waals surface area contributed by atoms with Crippen molar-refractivity contribution >= 4 is 0 Å². The van der Waals surface area contributed by atoms with E-state index < -0.39 is 0 Å². The zero-order valence-electron chi connectivity index (χ0n) is 14.7. The molecule has 0 aliphatic rings. The first kappa shape index (κ1) is 18.0. The first-order valence-corrected chi connectivity index (χ1v) is 8.46. The van der Waals surface area contributed by atoms with Gasteiger partial charge in [0, 0.05) is 6.04 Å². The first-order chi connectivity index (χ1) is 9.99. The Hall–Kier alpha value is -1.02. The smallest absolute Gasteiger partial charge is 0.123 e. The molecule has 0 saturated heterocycles. The van der Waals surface area contributed by atoms with Gasteiger partial charge in [-0.05, 0) is 48.9 Å². The summed E-state index contributed by atoms with van der Waals surface area (Å²) in [6.45, 7) is 15.1. The van der Waals surface area contributed by atoms with Gasteiger partial charge in [0.25, 0.3) is 0 Å². The van der Waals surface area contributed by atoms with Gasteiger partial charge < -0.3 is 10.1 Å². The number of nitrogens with one attached hydrogen (secondary N) is 1. The number of aryl methyl sites for hydroxylation is 1. The Labute approximate surface area is 131 Å². The number of ether oxygens (including phenoxy) is 1. The summed E-state index contributed by atoms with van der Waals surface area (Å²) in [5.41, 5.74) is 2.56. The van der Waals surface area contributed by atoms with Crippen LogP contribution in [0.2, 0.25) is 0 Å². The lowest BCUT2D eigenvalue weighted by molar-refractivity contribution is 0.218. The minimum Gasteiger partial charge on any atom is -0.492 e. The van der Waals surface area contributed by atoms with Gasteiger partial charge in [0.1, 0.15) is 12.4 Å². The summed E-state index contributed by atoms with van der Waals surface area (Å²) < 4.78 is 6.20. The van der Waals surface area contributed by atoms with Crippen LogP contribution >= 0.6 is 0 Å². The van der Waals surface area contributed by atoms with Crippen LogP contribution < -0.4 is 10.1 Å². The molecule has 120 valence electrons. The Kier molecular flexibility index (Phi) is 7.81. The predicted molar refractivity (Wildman–Crippen MR) is 92.3 cm³/mol. The van der Waals surface area contributed by atoms with Crippen molar-refractivity contribution in [2.45, 2.75) is 66.3 Å². The van der Waals surface area contributed by atoms with Gasteiger partial charge >= 0.3 is 0 Å². The number of benzene rings is 1. The highest BCUT2D eigenvalue weighted by atomic mass is 16.5. The lowest BCUT2D eigenvalue weighted by Gasteiger charge is -2.25. The molecule has 0 bridgehead atoms. The van der Waals surface area contributed by atoms with E-state index in [-0.39, 0.29) is 0 Å². The van der Waals surface area contributed by atoms with Gasteiger partial charge in [-0.3, -0.25) is 0 Å². The second-order valence-electron chi connectivity index (χ2n) is 6.45. The molecular formula is C19H33NO. The number of hydrogen-bond acceptors (Lipinski definition) is 2. The third-order valence-electron chi connectivity index (χ3n) is 4.20. The van der Waals surface area contributed by atoms with Crippen molar-refractivity contribution in [3.05, 3.63) is 29.3 Å². The van der Waals surface area contributed by atoms with Crippen LogP contribution in [0.3, 0.4) is 0 Å². The second kappa shape index (κ2) is 9.09. The largest absolute Gasteiger partial charge is 0.492 e. The van der Waals surface area contributed by atoms with E-state index in [2.05, 4.69) is 65.1 Å². The van der Waals surface area contributed by atoms with Gasteiger partial charge in [-0.25, -0.2) is 0 Å². The molecule has 0 amide bonds. The maximum Gasteiger partial charge on any atom is 0.123 e. The van der Waals surface area contributed by atoms with Crippen LogP contribution in [-0.2, 0) is 0 Å². The lowest BCUT2D eigenvalue weighted by Crippen LogP contribution is -2.40. The molecule has 0 fully saturated rings. The van der Waals surface area contributed by atoms with Crippen molar-refractivity contribution in [2.24, 2.45) is 5.92 Å². The molecule has 2 heteroatoms. The Balaban J connectivity index is 2.76. The van der Waals surface area contributed by atoms with Gasteiger partial charge in [-0.2, -0.15) is 0 Å². The fourth-order valence-corrected chi connectivity index (χ4v) is 2.46. The molecule has 2 nitrogen and oxygen atoms in total. The maximum atomic E-state index is 6.20. The molecule has 0 spiro atoms. The Morgan fingerprint density at radius 2 is 1.86 bits per heavy atom. The van der Waals surface area contributed by atoms with Crippen molar-refractivity contribution in [3.63, 3.8) is 0 Å². The summed E-state index contributed by atoms with van der Waals surface area (Å²) >= 11 is 0. The van der Waals surface area contributed by atoms with E-state index in [1.807, 2.05) is 0 Å². The number of rotatable bonds is 9. The Bertz CT molecular complexity index is 414. The summed E-state index contributed by atoms with van der Waals surface area (Å²) in [5.74, 6) is 2.17. The molecule has 21 heavy (non-hydrogen) atoms. The standard InChI is InChI=1S/C19H33NO/c1-7-11-20-18(16(6)8-2)13-21-19-12-15(5)9-10-17(19)14(3)4/h9-10,12,14,16,18,20H,7-8,11,13H2,1-6H3. The Morgan fingerprint density at radius 1 is 1.14 bits per heavy atom. The van der Waals surface area contributed by atoms with Gasteiger partial charge in [-0.1, -0.05) is 53.2 Å². The SMILES string of the molecule is CCCNC(COc1cc(C)ccc1C(C)C)C(C)CC. The summed E-state index contributed by atoms with van der Waals surface area (Å²) in [4.78, 5) is 0. The molecule has 0 aliphatic carbocycles. The third-order valence-corrected chi connectivity index (χ3v) is 4.20. The van der Waals surface area contributed by atoms with Crippen LogP contribution in [0.1, 0.15) is 64.5 Å². The Morgan fingerprint density at radius 3 is 2.43 bits per heavy atom. The fourth-order valence-electron chi connectivity index (χ4n) is 2.46. The summed E-state index contributed by atoms with van der Waals surface area (Å²) in [6, 6.07) is 6.97. The summed E-state index contributed by atoms with van der Waals surface area (Å²) in [6.07, 6.45) is 2.34. The lowest BCUT2D eigenvalue weighted by atomic mass is 9.99. The van der Waals surface area contributed by atoms with E-state index in [0.29, 0.717) is 17.9 Å². The molecular weight excluding hydrogens is 258 g/mol. The van der Waals surface area contributed by atoms with Crippen molar-refractivity contribution in [1.82, 2.24) is 5.32 Å². The zero-order valence-corrected chi connectivity index (χ0v) is 14.7. The van der Waals surface area contributed by atoms with E-state index in [1.165, 1.54) is 17.5 Å². The van der Waals surface area contributed by atoms with Crippen LogP contribution in [0.25, 0.3) is 0 Å². The topological polar surface area (TPSA) is 21.3 Å². The highest BCUT2D eigenvalue weighted by Gasteiger charge is 2.17. The molecule has 0 heterocycles. The van der Waals surface area contributed by atoms with E-state index in [9.17, 15) is 0 Å². The third kappa shape index (κ3) is 5.70. The molecule has 0 aliphatic heterocycles. The average Bonchev–Trinajstić information content (AvgIpc) is 2.46. The molecule has 1 aromatic rings. The second-order valence-corrected chi connectivity index (χ2v) is 6.45. The van der Waals surface area contributed by atoms with Gasteiger partial charge in [0.15, 0.2) is 0 Å². The van der Waals surface area contributed by atoms with Crippen molar-refractivity contribution in [1.29, 1.82) is 0 Å². The molecule has 1 N–H and O–H groups in total. The van der Waals surface area contributed by atoms with Gasteiger partial charge in [0.2, 0.25) is 0 Å². The summed E-state index contributed by atoms with van der Waals surface area (Å²) in [5, 5.41) is 3.63. The monoisotopic (exact) mass is 291 g/mol. The van der Waals surface area contributed by atoms with Crippen molar-refractivity contribution in [2.75, 3.05) is 13.2 Å². The predicted octanol–water partition coefficient (Wildman–Crippen LogP) is 4.91. The van der Waals surface area contributed by atoms with E-state index in [0.717, 1.165) is 25.3 Å². The van der Waals surface area contributed by atoms with E-state index >= 15 is 0 Å². The molecule has 0 radical (unpaired) electrons. The van der Waals surface area contributed by atoms with Crippen LogP contribution in [-0.4, -0.2) is 19.2 Å². The van der Waals surface area contributed by atoms with Crippen LogP contribution in [0.5, 0.6) is 5.75 Å².